The highest BCUT2D eigenvalue weighted by Gasteiger charge is 2.27. The van der Waals surface area contributed by atoms with Crippen LogP contribution in [0.5, 0.6) is 0 Å². The van der Waals surface area contributed by atoms with Crippen LogP contribution >= 0.6 is 0 Å². The first kappa shape index (κ1) is 13.9. The highest BCUT2D eigenvalue weighted by atomic mass is 19.1. The zero-order valence-electron chi connectivity index (χ0n) is 11.3. The Kier molecular flexibility index (Phi) is 3.85. The van der Waals surface area contributed by atoms with Crippen molar-refractivity contribution < 1.29 is 13.6 Å². The van der Waals surface area contributed by atoms with E-state index in [0.717, 1.165) is 12.1 Å². The van der Waals surface area contributed by atoms with Crippen molar-refractivity contribution >= 4 is 5.91 Å². The molecule has 1 aliphatic rings. The van der Waals surface area contributed by atoms with Gasteiger partial charge in [0.15, 0.2) is 0 Å². The largest absolute Gasteiger partial charge is 0.335 e. The molecule has 0 aromatic heterocycles. The number of amides is 1. The van der Waals surface area contributed by atoms with Gasteiger partial charge in [0.25, 0.3) is 5.91 Å². The SMILES string of the molecule is Cc1cc(F)c(C(=O)N2C[C@@H](C)N[C@H](C)C2)cc1F. The van der Waals surface area contributed by atoms with Crippen molar-refractivity contribution in [2.75, 3.05) is 13.1 Å². The molecule has 1 amide bonds. The molecule has 2 atom stereocenters. The number of aryl methyl sites for hydroxylation is 1. The number of nitrogens with zero attached hydrogens (tertiary/aromatic N) is 1. The molecule has 3 nitrogen and oxygen atoms in total. The van der Waals surface area contributed by atoms with Crippen LogP contribution in [0.4, 0.5) is 8.78 Å². The molecule has 19 heavy (non-hydrogen) atoms. The second-order valence-electron chi connectivity index (χ2n) is 5.26. The Bertz CT molecular complexity index is 494. The molecule has 0 unspecified atom stereocenters. The van der Waals surface area contributed by atoms with Gasteiger partial charge in [-0.05, 0) is 38.5 Å². The fraction of sp³-hybridized carbons (Fsp3) is 0.500. The Morgan fingerprint density at radius 2 is 1.79 bits per heavy atom. The molecule has 1 N–H and O–H groups in total. The van der Waals surface area contributed by atoms with Gasteiger partial charge in [0.1, 0.15) is 11.6 Å². The highest BCUT2D eigenvalue weighted by Crippen LogP contribution is 2.17. The predicted octanol–water partition coefficient (Wildman–Crippen LogP) is 2.10. The quantitative estimate of drug-likeness (QED) is 0.846. The lowest BCUT2D eigenvalue weighted by Gasteiger charge is -2.36. The van der Waals surface area contributed by atoms with Crippen LogP contribution < -0.4 is 5.32 Å². The van der Waals surface area contributed by atoms with Crippen LogP contribution in [0.1, 0.15) is 29.8 Å². The lowest BCUT2D eigenvalue weighted by molar-refractivity contribution is 0.0668. The summed E-state index contributed by atoms with van der Waals surface area (Å²) in [7, 11) is 0. The molecule has 0 spiro atoms. The topological polar surface area (TPSA) is 32.3 Å². The van der Waals surface area contributed by atoms with Crippen LogP contribution in [0.15, 0.2) is 12.1 Å². The van der Waals surface area contributed by atoms with Crippen molar-refractivity contribution in [1.29, 1.82) is 0 Å². The summed E-state index contributed by atoms with van der Waals surface area (Å²) in [5, 5.41) is 3.29. The molecule has 0 radical (unpaired) electrons. The molecule has 1 aromatic rings. The van der Waals surface area contributed by atoms with Crippen LogP contribution in [0, 0.1) is 18.6 Å². The minimum absolute atomic E-state index is 0.144. The number of piperazine rings is 1. The standard InChI is InChI=1S/C14H18F2N2O/c1-8-4-13(16)11(5-12(8)15)14(19)18-6-9(2)17-10(3)7-18/h4-5,9-10,17H,6-7H2,1-3H3/t9-,10-/m1/s1. The van der Waals surface area contributed by atoms with Crippen molar-refractivity contribution in [1.82, 2.24) is 10.2 Å². The maximum atomic E-state index is 13.8. The fourth-order valence-corrected chi connectivity index (χ4v) is 2.47. The first-order chi connectivity index (χ1) is 8.88. The van der Waals surface area contributed by atoms with Gasteiger partial charge in [0, 0.05) is 25.2 Å². The summed E-state index contributed by atoms with van der Waals surface area (Å²) in [6.45, 7) is 6.39. The third-order valence-electron chi connectivity index (χ3n) is 3.32. The monoisotopic (exact) mass is 268 g/mol. The minimum Gasteiger partial charge on any atom is -0.335 e. The summed E-state index contributed by atoms with van der Waals surface area (Å²) >= 11 is 0. The Morgan fingerprint density at radius 1 is 1.21 bits per heavy atom. The first-order valence-electron chi connectivity index (χ1n) is 6.39. The van der Waals surface area contributed by atoms with Gasteiger partial charge in [-0.2, -0.15) is 0 Å². The minimum atomic E-state index is -0.664. The summed E-state index contributed by atoms with van der Waals surface area (Å²) in [5.41, 5.74) is 0.0143. The maximum absolute atomic E-state index is 13.8. The summed E-state index contributed by atoms with van der Waals surface area (Å²) in [4.78, 5) is 13.8. The van der Waals surface area contributed by atoms with Crippen molar-refractivity contribution in [2.45, 2.75) is 32.9 Å². The average molecular weight is 268 g/mol. The molecule has 1 aliphatic heterocycles. The van der Waals surface area contributed by atoms with Crippen LogP contribution in [-0.2, 0) is 0 Å². The van der Waals surface area contributed by atoms with Crippen molar-refractivity contribution in [2.24, 2.45) is 0 Å². The Labute approximate surface area is 111 Å². The molecule has 1 aromatic carbocycles. The normalized spacial score (nSPS) is 23.5. The van der Waals surface area contributed by atoms with Gasteiger partial charge in [0.2, 0.25) is 0 Å². The number of halogens is 2. The van der Waals surface area contributed by atoms with Gasteiger partial charge in [-0.1, -0.05) is 0 Å². The molecular formula is C14H18F2N2O. The molecular weight excluding hydrogens is 250 g/mol. The third-order valence-corrected chi connectivity index (χ3v) is 3.32. The number of hydrogen-bond donors (Lipinski definition) is 1. The number of nitrogens with one attached hydrogen (secondary N) is 1. The number of rotatable bonds is 1. The smallest absolute Gasteiger partial charge is 0.257 e. The Balaban J connectivity index is 2.26. The highest BCUT2D eigenvalue weighted by molar-refractivity contribution is 5.94. The molecule has 1 fully saturated rings. The summed E-state index contributed by atoms with van der Waals surface area (Å²) < 4.78 is 27.3. The summed E-state index contributed by atoms with van der Waals surface area (Å²) in [5.74, 6) is -1.67. The van der Waals surface area contributed by atoms with E-state index in [0.29, 0.717) is 13.1 Å². The molecule has 104 valence electrons. The number of hydrogen-bond acceptors (Lipinski definition) is 2. The van der Waals surface area contributed by atoms with E-state index in [2.05, 4.69) is 5.32 Å². The van der Waals surface area contributed by atoms with Crippen molar-refractivity contribution in [3.63, 3.8) is 0 Å². The van der Waals surface area contributed by atoms with Crippen LogP contribution in [0.25, 0.3) is 0 Å². The Hall–Kier alpha value is -1.49. The number of benzene rings is 1. The Morgan fingerprint density at radius 3 is 2.37 bits per heavy atom. The van der Waals surface area contributed by atoms with Gasteiger partial charge in [-0.15, -0.1) is 0 Å². The van der Waals surface area contributed by atoms with Crippen molar-refractivity contribution in [3.05, 3.63) is 34.9 Å². The zero-order valence-corrected chi connectivity index (χ0v) is 11.3. The van der Waals surface area contributed by atoms with E-state index in [9.17, 15) is 13.6 Å². The molecule has 1 heterocycles. The van der Waals surface area contributed by atoms with Gasteiger partial charge in [0.05, 0.1) is 5.56 Å². The lowest BCUT2D eigenvalue weighted by Crippen LogP contribution is -2.55. The predicted molar refractivity (Wildman–Crippen MR) is 69.1 cm³/mol. The lowest BCUT2D eigenvalue weighted by atomic mass is 10.1. The van der Waals surface area contributed by atoms with Crippen molar-refractivity contribution in [3.8, 4) is 0 Å². The maximum Gasteiger partial charge on any atom is 0.257 e. The second kappa shape index (κ2) is 5.25. The van der Waals surface area contributed by atoms with E-state index in [1.807, 2.05) is 13.8 Å². The van der Waals surface area contributed by atoms with Crippen LogP contribution in [0.2, 0.25) is 0 Å². The number of carbonyl (C=O) groups excluding carboxylic acids is 1. The van der Waals surface area contributed by atoms with E-state index in [4.69, 9.17) is 0 Å². The summed E-state index contributed by atoms with van der Waals surface area (Å²) in [6, 6.07) is 2.35. The fourth-order valence-electron chi connectivity index (χ4n) is 2.47. The third kappa shape index (κ3) is 2.92. The van der Waals surface area contributed by atoms with E-state index in [-0.39, 0.29) is 23.2 Å². The molecule has 0 saturated carbocycles. The van der Waals surface area contributed by atoms with Gasteiger partial charge < -0.3 is 10.2 Å². The molecule has 0 bridgehead atoms. The van der Waals surface area contributed by atoms with Gasteiger partial charge >= 0.3 is 0 Å². The van der Waals surface area contributed by atoms with Gasteiger partial charge in [-0.3, -0.25) is 4.79 Å². The van der Waals surface area contributed by atoms with Crippen LogP contribution in [0.3, 0.4) is 0 Å². The first-order valence-corrected chi connectivity index (χ1v) is 6.39. The number of carbonyl (C=O) groups is 1. The second-order valence-corrected chi connectivity index (χ2v) is 5.26. The zero-order chi connectivity index (χ0) is 14.2. The van der Waals surface area contributed by atoms with Crippen LogP contribution in [-0.4, -0.2) is 36.0 Å². The average Bonchev–Trinajstić information content (AvgIpc) is 2.31. The molecule has 2 rings (SSSR count). The molecule has 5 heteroatoms. The van der Waals surface area contributed by atoms with Gasteiger partial charge in [-0.25, -0.2) is 8.78 Å². The van der Waals surface area contributed by atoms with E-state index in [1.54, 1.807) is 4.90 Å². The molecule has 0 aliphatic carbocycles. The summed E-state index contributed by atoms with van der Waals surface area (Å²) in [6.07, 6.45) is 0. The van der Waals surface area contributed by atoms with E-state index < -0.39 is 17.5 Å². The van der Waals surface area contributed by atoms with E-state index >= 15 is 0 Å². The van der Waals surface area contributed by atoms with E-state index in [1.165, 1.54) is 6.92 Å². The molecule has 1 saturated heterocycles.